The van der Waals surface area contributed by atoms with Gasteiger partial charge in [-0.1, -0.05) is 12.1 Å². The zero-order valence-electron chi connectivity index (χ0n) is 9.30. The number of hydrogen-bond acceptors (Lipinski definition) is 1. The fourth-order valence-electron chi connectivity index (χ4n) is 2.15. The van der Waals surface area contributed by atoms with Crippen LogP contribution in [0.3, 0.4) is 0 Å². The zero-order chi connectivity index (χ0) is 12.3. The van der Waals surface area contributed by atoms with E-state index in [1.54, 1.807) is 6.07 Å². The Balaban J connectivity index is 2.04. The molecule has 2 amide bonds. The Kier molecular flexibility index (Phi) is 3.56. The standard InChI is InChI=1S/C12H14F2N2O/c13-6-7-15-12(17)16-10-5-4-8-2-1-3-9(14)11(8)10/h1-3,10H,4-7H2,(H2,15,16,17). The number of carbonyl (C=O) groups excluding carboxylic acids is 1. The summed E-state index contributed by atoms with van der Waals surface area (Å²) in [6.07, 6.45) is 1.43. The van der Waals surface area contributed by atoms with Crippen LogP contribution in [-0.2, 0) is 6.42 Å². The van der Waals surface area contributed by atoms with Gasteiger partial charge < -0.3 is 10.6 Å². The molecule has 0 saturated carbocycles. The molecule has 2 N–H and O–H groups in total. The Hall–Kier alpha value is -1.65. The summed E-state index contributed by atoms with van der Waals surface area (Å²) in [5.74, 6) is -0.296. The highest BCUT2D eigenvalue weighted by molar-refractivity contribution is 5.74. The molecule has 0 radical (unpaired) electrons. The fourth-order valence-corrected chi connectivity index (χ4v) is 2.15. The van der Waals surface area contributed by atoms with E-state index in [0.717, 1.165) is 12.0 Å². The maximum atomic E-state index is 13.6. The predicted molar refractivity (Wildman–Crippen MR) is 60.0 cm³/mol. The Labute approximate surface area is 98.2 Å². The largest absolute Gasteiger partial charge is 0.336 e. The summed E-state index contributed by atoms with van der Waals surface area (Å²) < 4.78 is 25.5. The van der Waals surface area contributed by atoms with Crippen molar-refractivity contribution in [3.05, 3.63) is 35.1 Å². The van der Waals surface area contributed by atoms with Crippen molar-refractivity contribution in [1.82, 2.24) is 10.6 Å². The Bertz CT molecular complexity index is 423. The molecule has 1 unspecified atom stereocenters. The number of nitrogens with one attached hydrogen (secondary N) is 2. The Morgan fingerprint density at radius 2 is 2.29 bits per heavy atom. The van der Waals surface area contributed by atoms with Gasteiger partial charge in [-0.05, 0) is 24.5 Å². The summed E-state index contributed by atoms with van der Waals surface area (Å²) >= 11 is 0. The minimum absolute atomic E-state index is 0.0251. The zero-order valence-corrected chi connectivity index (χ0v) is 9.30. The number of fused-ring (bicyclic) bond motifs is 1. The van der Waals surface area contributed by atoms with Crippen LogP contribution in [0.5, 0.6) is 0 Å². The molecular formula is C12H14F2N2O. The highest BCUT2D eigenvalue weighted by atomic mass is 19.1. The molecule has 0 aliphatic heterocycles. The van der Waals surface area contributed by atoms with E-state index in [9.17, 15) is 13.6 Å². The molecule has 2 rings (SSSR count). The number of benzene rings is 1. The smallest absolute Gasteiger partial charge is 0.315 e. The van der Waals surface area contributed by atoms with Crippen LogP contribution in [0.15, 0.2) is 18.2 Å². The minimum atomic E-state index is -0.608. The van der Waals surface area contributed by atoms with Gasteiger partial charge in [0.15, 0.2) is 0 Å². The summed E-state index contributed by atoms with van der Waals surface area (Å²) in [6, 6.07) is 4.15. The molecule has 1 aliphatic carbocycles. The highest BCUT2D eigenvalue weighted by Gasteiger charge is 2.26. The third kappa shape index (κ3) is 2.54. The third-order valence-corrected chi connectivity index (χ3v) is 2.88. The van der Waals surface area contributed by atoms with E-state index in [4.69, 9.17) is 0 Å². The van der Waals surface area contributed by atoms with Crippen LogP contribution < -0.4 is 10.6 Å². The highest BCUT2D eigenvalue weighted by Crippen LogP contribution is 2.32. The van der Waals surface area contributed by atoms with Gasteiger partial charge in [-0.3, -0.25) is 0 Å². The number of urea groups is 1. The second kappa shape index (κ2) is 5.12. The van der Waals surface area contributed by atoms with Crippen molar-refractivity contribution in [2.75, 3.05) is 13.2 Å². The summed E-state index contributed by atoms with van der Waals surface area (Å²) in [4.78, 5) is 11.4. The molecule has 1 atom stereocenters. The normalized spacial score (nSPS) is 17.6. The molecule has 0 saturated heterocycles. The molecule has 0 bridgehead atoms. The molecule has 1 aromatic rings. The topological polar surface area (TPSA) is 41.1 Å². The van der Waals surface area contributed by atoms with E-state index >= 15 is 0 Å². The van der Waals surface area contributed by atoms with Gasteiger partial charge in [0, 0.05) is 12.1 Å². The van der Waals surface area contributed by atoms with Crippen molar-refractivity contribution in [3.63, 3.8) is 0 Å². The summed E-state index contributed by atoms with van der Waals surface area (Å²) in [7, 11) is 0. The second-order valence-corrected chi connectivity index (χ2v) is 3.99. The molecule has 0 aromatic heterocycles. The van der Waals surface area contributed by atoms with Crippen molar-refractivity contribution >= 4 is 6.03 Å². The minimum Gasteiger partial charge on any atom is -0.336 e. The average molecular weight is 240 g/mol. The first-order valence-electron chi connectivity index (χ1n) is 5.60. The molecule has 1 aromatic carbocycles. The number of halogens is 2. The van der Waals surface area contributed by atoms with Gasteiger partial charge in [0.2, 0.25) is 0 Å². The maximum Gasteiger partial charge on any atom is 0.315 e. The maximum absolute atomic E-state index is 13.6. The summed E-state index contributed by atoms with van der Waals surface area (Å²) in [5.41, 5.74) is 1.49. The Morgan fingerprint density at radius 3 is 3.06 bits per heavy atom. The van der Waals surface area contributed by atoms with Gasteiger partial charge in [-0.2, -0.15) is 0 Å². The second-order valence-electron chi connectivity index (χ2n) is 3.99. The lowest BCUT2D eigenvalue weighted by Gasteiger charge is -2.15. The van der Waals surface area contributed by atoms with Crippen molar-refractivity contribution in [2.24, 2.45) is 0 Å². The molecule has 92 valence electrons. The molecule has 5 heteroatoms. The average Bonchev–Trinajstić information content (AvgIpc) is 2.71. The summed E-state index contributed by atoms with van der Waals surface area (Å²) in [5, 5.41) is 5.02. The lowest BCUT2D eigenvalue weighted by Crippen LogP contribution is -2.38. The quantitative estimate of drug-likeness (QED) is 0.834. The first-order valence-corrected chi connectivity index (χ1v) is 5.60. The lowest BCUT2D eigenvalue weighted by atomic mass is 10.1. The van der Waals surface area contributed by atoms with Crippen molar-refractivity contribution < 1.29 is 13.6 Å². The molecule has 0 spiro atoms. The Morgan fingerprint density at radius 1 is 1.47 bits per heavy atom. The van der Waals surface area contributed by atoms with Crippen LogP contribution in [0.2, 0.25) is 0 Å². The fraction of sp³-hybridized carbons (Fsp3) is 0.417. The summed E-state index contributed by atoms with van der Waals surface area (Å²) in [6.45, 7) is -0.633. The van der Waals surface area contributed by atoms with Crippen molar-refractivity contribution in [2.45, 2.75) is 18.9 Å². The monoisotopic (exact) mass is 240 g/mol. The van der Waals surface area contributed by atoms with Crippen LogP contribution >= 0.6 is 0 Å². The van der Waals surface area contributed by atoms with Crippen LogP contribution in [0.4, 0.5) is 13.6 Å². The van der Waals surface area contributed by atoms with Crippen LogP contribution in [0.1, 0.15) is 23.6 Å². The number of rotatable bonds is 3. The van der Waals surface area contributed by atoms with Crippen LogP contribution in [0.25, 0.3) is 0 Å². The van der Waals surface area contributed by atoms with Gasteiger partial charge >= 0.3 is 6.03 Å². The van der Waals surface area contributed by atoms with Crippen LogP contribution in [-0.4, -0.2) is 19.3 Å². The van der Waals surface area contributed by atoms with Gasteiger partial charge in [0.05, 0.1) is 6.04 Å². The molecule has 17 heavy (non-hydrogen) atoms. The number of carbonyl (C=O) groups is 1. The van der Waals surface area contributed by atoms with E-state index < -0.39 is 12.7 Å². The molecule has 0 heterocycles. The molecular weight excluding hydrogens is 226 g/mol. The molecule has 3 nitrogen and oxygen atoms in total. The van der Waals surface area contributed by atoms with Crippen molar-refractivity contribution in [1.29, 1.82) is 0 Å². The van der Waals surface area contributed by atoms with E-state index in [1.165, 1.54) is 6.07 Å². The van der Waals surface area contributed by atoms with E-state index in [1.807, 2.05) is 6.07 Å². The van der Waals surface area contributed by atoms with Gasteiger partial charge in [0.25, 0.3) is 0 Å². The number of amides is 2. The number of aryl methyl sites for hydroxylation is 1. The molecule has 0 fully saturated rings. The van der Waals surface area contributed by atoms with Crippen LogP contribution in [0, 0.1) is 5.82 Å². The van der Waals surface area contributed by atoms with E-state index in [0.29, 0.717) is 12.0 Å². The number of hydrogen-bond donors (Lipinski definition) is 2. The van der Waals surface area contributed by atoms with Gasteiger partial charge in [-0.25, -0.2) is 13.6 Å². The third-order valence-electron chi connectivity index (χ3n) is 2.88. The first kappa shape index (κ1) is 11.8. The first-order chi connectivity index (χ1) is 8.22. The predicted octanol–water partition coefficient (Wildman–Crippen LogP) is 2.08. The van der Waals surface area contributed by atoms with Gasteiger partial charge in [-0.15, -0.1) is 0 Å². The van der Waals surface area contributed by atoms with Gasteiger partial charge in [0.1, 0.15) is 12.5 Å². The number of alkyl halides is 1. The van der Waals surface area contributed by atoms with E-state index in [-0.39, 0.29) is 18.4 Å². The molecule has 1 aliphatic rings. The van der Waals surface area contributed by atoms with Crippen molar-refractivity contribution in [3.8, 4) is 0 Å². The lowest BCUT2D eigenvalue weighted by molar-refractivity contribution is 0.235. The SMILES string of the molecule is O=C(NCCF)NC1CCc2cccc(F)c21. The van der Waals surface area contributed by atoms with E-state index in [2.05, 4.69) is 10.6 Å².